The third-order valence-corrected chi connectivity index (χ3v) is 3.32. The standard InChI is InChI=1S/C10H19N3OS/c1-4-8-12-9(15-13-8)14-7-10(11,5-2)6-3/h4-7,11H2,1-3H3. The van der Waals surface area contributed by atoms with E-state index in [0.29, 0.717) is 11.8 Å². The summed E-state index contributed by atoms with van der Waals surface area (Å²) < 4.78 is 9.71. The minimum absolute atomic E-state index is 0.238. The average molecular weight is 229 g/mol. The number of rotatable bonds is 6. The van der Waals surface area contributed by atoms with Crippen LogP contribution in [0.5, 0.6) is 5.19 Å². The maximum Gasteiger partial charge on any atom is 0.293 e. The van der Waals surface area contributed by atoms with Gasteiger partial charge in [-0.25, -0.2) is 0 Å². The van der Waals surface area contributed by atoms with Gasteiger partial charge in [-0.15, -0.1) is 0 Å². The van der Waals surface area contributed by atoms with E-state index in [2.05, 4.69) is 23.2 Å². The number of aromatic nitrogens is 2. The number of hydrogen-bond donors (Lipinski definition) is 1. The lowest BCUT2D eigenvalue weighted by molar-refractivity contribution is 0.206. The van der Waals surface area contributed by atoms with Crippen LogP contribution in [0.4, 0.5) is 0 Å². The minimum Gasteiger partial charge on any atom is -0.467 e. The maximum atomic E-state index is 6.12. The summed E-state index contributed by atoms with van der Waals surface area (Å²) in [5.41, 5.74) is 5.88. The molecule has 1 heterocycles. The number of nitrogens with two attached hydrogens (primary N) is 1. The van der Waals surface area contributed by atoms with Crippen molar-refractivity contribution in [2.45, 2.75) is 45.6 Å². The van der Waals surface area contributed by atoms with Crippen molar-refractivity contribution in [3.05, 3.63) is 5.82 Å². The second-order valence-corrected chi connectivity index (χ2v) is 4.40. The summed E-state index contributed by atoms with van der Waals surface area (Å²) in [5, 5.41) is 0.628. The Morgan fingerprint density at radius 3 is 2.47 bits per heavy atom. The topological polar surface area (TPSA) is 61.0 Å². The zero-order valence-corrected chi connectivity index (χ0v) is 10.4. The first-order valence-corrected chi connectivity index (χ1v) is 6.15. The van der Waals surface area contributed by atoms with Crippen LogP contribution in [0, 0.1) is 0 Å². The summed E-state index contributed by atoms with van der Waals surface area (Å²) in [6.07, 6.45) is 2.65. The normalized spacial score (nSPS) is 11.7. The predicted molar refractivity (Wildman–Crippen MR) is 62.3 cm³/mol. The largest absolute Gasteiger partial charge is 0.467 e. The van der Waals surface area contributed by atoms with Crippen LogP contribution in [0.2, 0.25) is 0 Å². The highest BCUT2D eigenvalue weighted by Crippen LogP contribution is 2.18. The molecule has 1 aromatic heterocycles. The Morgan fingerprint density at radius 1 is 1.33 bits per heavy atom. The number of hydrogen-bond acceptors (Lipinski definition) is 5. The van der Waals surface area contributed by atoms with Crippen molar-refractivity contribution in [1.82, 2.24) is 9.36 Å². The van der Waals surface area contributed by atoms with Crippen molar-refractivity contribution in [2.75, 3.05) is 6.61 Å². The molecule has 0 spiro atoms. The first-order valence-electron chi connectivity index (χ1n) is 5.37. The van der Waals surface area contributed by atoms with E-state index < -0.39 is 0 Å². The van der Waals surface area contributed by atoms with Crippen molar-refractivity contribution >= 4 is 11.5 Å². The van der Waals surface area contributed by atoms with E-state index in [0.717, 1.165) is 25.1 Å². The van der Waals surface area contributed by atoms with Gasteiger partial charge in [0.05, 0.1) is 0 Å². The first kappa shape index (κ1) is 12.4. The molecule has 0 aliphatic heterocycles. The van der Waals surface area contributed by atoms with E-state index in [1.165, 1.54) is 11.5 Å². The van der Waals surface area contributed by atoms with E-state index in [-0.39, 0.29) is 5.54 Å². The van der Waals surface area contributed by atoms with Crippen LogP contribution >= 0.6 is 11.5 Å². The molecule has 0 fully saturated rings. The average Bonchev–Trinajstić information content (AvgIpc) is 2.74. The van der Waals surface area contributed by atoms with Gasteiger partial charge in [-0.05, 0) is 12.8 Å². The van der Waals surface area contributed by atoms with Crippen LogP contribution in [0.25, 0.3) is 0 Å². The molecule has 0 saturated carbocycles. The summed E-state index contributed by atoms with van der Waals surface area (Å²) in [5.74, 6) is 0.839. The van der Waals surface area contributed by atoms with Crippen LogP contribution in [0.3, 0.4) is 0 Å². The molecule has 15 heavy (non-hydrogen) atoms. The Labute approximate surface area is 95.0 Å². The Bertz CT molecular complexity index is 297. The molecular weight excluding hydrogens is 210 g/mol. The molecule has 0 aromatic carbocycles. The highest BCUT2D eigenvalue weighted by molar-refractivity contribution is 7.07. The van der Waals surface area contributed by atoms with E-state index in [1.807, 2.05) is 6.92 Å². The molecule has 0 bridgehead atoms. The van der Waals surface area contributed by atoms with Crippen LogP contribution < -0.4 is 10.5 Å². The third kappa shape index (κ3) is 3.43. The Balaban J connectivity index is 2.49. The van der Waals surface area contributed by atoms with Gasteiger partial charge in [0, 0.05) is 23.5 Å². The fourth-order valence-corrected chi connectivity index (χ4v) is 1.71. The quantitative estimate of drug-likeness (QED) is 0.810. The molecule has 0 saturated heterocycles. The molecular formula is C10H19N3OS. The number of aryl methyl sites for hydroxylation is 1. The molecule has 2 N–H and O–H groups in total. The van der Waals surface area contributed by atoms with Crippen LogP contribution in [-0.2, 0) is 6.42 Å². The van der Waals surface area contributed by atoms with Gasteiger partial charge in [-0.2, -0.15) is 9.36 Å². The van der Waals surface area contributed by atoms with Crippen molar-refractivity contribution < 1.29 is 4.74 Å². The summed E-state index contributed by atoms with van der Waals surface area (Å²) in [4.78, 5) is 4.23. The van der Waals surface area contributed by atoms with Gasteiger partial charge in [0.1, 0.15) is 12.4 Å². The van der Waals surface area contributed by atoms with Crippen molar-refractivity contribution in [1.29, 1.82) is 0 Å². The third-order valence-electron chi connectivity index (χ3n) is 2.66. The zero-order valence-electron chi connectivity index (χ0n) is 9.62. The molecule has 4 nitrogen and oxygen atoms in total. The predicted octanol–water partition coefficient (Wildman–Crippen LogP) is 2.00. The van der Waals surface area contributed by atoms with Gasteiger partial charge >= 0.3 is 0 Å². The van der Waals surface area contributed by atoms with Gasteiger partial charge in [0.25, 0.3) is 5.19 Å². The fraction of sp³-hybridized carbons (Fsp3) is 0.800. The summed E-state index contributed by atoms with van der Waals surface area (Å²) in [6, 6.07) is 0. The number of ether oxygens (including phenoxy) is 1. The summed E-state index contributed by atoms with van der Waals surface area (Å²) in [7, 11) is 0. The lowest BCUT2D eigenvalue weighted by atomic mass is 9.96. The molecule has 0 atom stereocenters. The Hall–Kier alpha value is -0.680. The Morgan fingerprint density at radius 2 is 2.00 bits per heavy atom. The van der Waals surface area contributed by atoms with E-state index in [1.54, 1.807) is 0 Å². The maximum absolute atomic E-state index is 6.12. The van der Waals surface area contributed by atoms with Gasteiger partial charge in [-0.3, -0.25) is 0 Å². The van der Waals surface area contributed by atoms with E-state index in [9.17, 15) is 0 Å². The molecule has 86 valence electrons. The van der Waals surface area contributed by atoms with E-state index >= 15 is 0 Å². The van der Waals surface area contributed by atoms with Crippen LogP contribution in [0.1, 0.15) is 39.4 Å². The van der Waals surface area contributed by atoms with Crippen LogP contribution in [-0.4, -0.2) is 21.5 Å². The molecule has 1 rings (SSSR count). The van der Waals surface area contributed by atoms with Crippen molar-refractivity contribution in [2.24, 2.45) is 5.73 Å². The van der Waals surface area contributed by atoms with Gasteiger partial charge in [0.2, 0.25) is 0 Å². The second kappa shape index (κ2) is 5.42. The molecule has 0 unspecified atom stereocenters. The van der Waals surface area contributed by atoms with E-state index in [4.69, 9.17) is 10.5 Å². The monoisotopic (exact) mass is 229 g/mol. The SMILES string of the molecule is CCc1nsc(OCC(N)(CC)CC)n1. The van der Waals surface area contributed by atoms with Crippen molar-refractivity contribution in [3.63, 3.8) is 0 Å². The smallest absolute Gasteiger partial charge is 0.293 e. The molecule has 5 heteroatoms. The van der Waals surface area contributed by atoms with Gasteiger partial charge in [-0.1, -0.05) is 20.8 Å². The molecule has 0 amide bonds. The highest BCUT2D eigenvalue weighted by atomic mass is 32.1. The lowest BCUT2D eigenvalue weighted by Gasteiger charge is -2.25. The second-order valence-electron chi connectivity index (χ2n) is 3.69. The van der Waals surface area contributed by atoms with Gasteiger partial charge in [0.15, 0.2) is 0 Å². The Kier molecular flexibility index (Phi) is 4.47. The summed E-state index contributed by atoms with van der Waals surface area (Å²) >= 11 is 1.30. The molecule has 0 aliphatic carbocycles. The molecule has 0 aliphatic rings. The highest BCUT2D eigenvalue weighted by Gasteiger charge is 2.21. The van der Waals surface area contributed by atoms with Crippen molar-refractivity contribution in [3.8, 4) is 5.19 Å². The summed E-state index contributed by atoms with van der Waals surface area (Å²) in [6.45, 7) is 6.68. The zero-order chi connectivity index (χ0) is 11.3. The molecule has 0 radical (unpaired) electrons. The lowest BCUT2D eigenvalue weighted by Crippen LogP contribution is -2.44. The fourth-order valence-electron chi connectivity index (χ4n) is 1.10. The minimum atomic E-state index is -0.238. The van der Waals surface area contributed by atoms with Crippen LogP contribution in [0.15, 0.2) is 0 Å². The molecule has 1 aromatic rings. The van der Waals surface area contributed by atoms with Gasteiger partial charge < -0.3 is 10.5 Å². The number of nitrogens with zero attached hydrogens (tertiary/aromatic N) is 2. The first-order chi connectivity index (χ1) is 7.13.